The lowest BCUT2D eigenvalue weighted by molar-refractivity contribution is 0.600. The number of imidazole rings is 1. The third kappa shape index (κ3) is 2.26. The van der Waals surface area contributed by atoms with Crippen LogP contribution in [-0.4, -0.2) is 24.1 Å². The number of halogens is 1. The Labute approximate surface area is 115 Å². The number of rotatable bonds is 3. The molecule has 1 N–H and O–H groups in total. The highest BCUT2D eigenvalue weighted by molar-refractivity contribution is 6.28. The summed E-state index contributed by atoms with van der Waals surface area (Å²) in [6.07, 6.45) is 5.53. The Morgan fingerprint density at radius 1 is 1.37 bits per heavy atom. The summed E-state index contributed by atoms with van der Waals surface area (Å²) in [5.74, 6) is 1.37. The van der Waals surface area contributed by atoms with Crippen LogP contribution in [0.3, 0.4) is 0 Å². The molecule has 0 fully saturated rings. The smallest absolute Gasteiger partial charge is 0.243 e. The molecule has 3 aromatic heterocycles. The molecule has 3 rings (SSSR count). The van der Waals surface area contributed by atoms with Gasteiger partial charge in [0.15, 0.2) is 5.82 Å². The molecule has 19 heavy (non-hydrogen) atoms. The second-order valence-corrected chi connectivity index (χ2v) is 4.83. The molecule has 98 valence electrons. The lowest BCUT2D eigenvalue weighted by Gasteiger charge is -2.06. The van der Waals surface area contributed by atoms with Crippen LogP contribution in [0.25, 0.3) is 5.52 Å². The minimum absolute atomic E-state index is 0.189. The number of nitrogens with zero attached hydrogens (tertiary/aromatic N) is 5. The SMILES string of the molecule is CC(C)n1cnc(Nc2nc(Cl)nn3cccc23)c1. The molecule has 0 unspecified atom stereocenters. The second kappa shape index (κ2) is 4.55. The fourth-order valence-electron chi connectivity index (χ4n) is 1.80. The molecule has 0 bridgehead atoms. The maximum absolute atomic E-state index is 5.89. The maximum atomic E-state index is 5.89. The molecule has 0 radical (unpaired) electrons. The van der Waals surface area contributed by atoms with Crippen LogP contribution in [0.4, 0.5) is 11.6 Å². The molecular weight excluding hydrogens is 264 g/mol. The standard InChI is InChI=1S/C12H13ClN6/c1-8(2)18-6-10(14-7-18)15-11-9-4-3-5-19(9)17-12(13)16-11/h3-8H,1-2H3,(H,15,16,17). The predicted octanol–water partition coefficient (Wildman–Crippen LogP) is 2.90. The van der Waals surface area contributed by atoms with Gasteiger partial charge in [-0.05, 0) is 37.6 Å². The van der Waals surface area contributed by atoms with Crippen molar-refractivity contribution in [1.82, 2.24) is 24.1 Å². The third-order valence-corrected chi connectivity index (χ3v) is 2.97. The summed E-state index contributed by atoms with van der Waals surface area (Å²) in [6.45, 7) is 4.19. The van der Waals surface area contributed by atoms with Crippen molar-refractivity contribution >= 4 is 28.8 Å². The minimum Gasteiger partial charge on any atom is -0.333 e. The largest absolute Gasteiger partial charge is 0.333 e. The quantitative estimate of drug-likeness (QED) is 0.799. The van der Waals surface area contributed by atoms with Crippen molar-refractivity contribution in [3.63, 3.8) is 0 Å². The van der Waals surface area contributed by atoms with Crippen LogP contribution < -0.4 is 5.32 Å². The topological polar surface area (TPSA) is 60.0 Å². The molecule has 0 aromatic carbocycles. The molecule has 0 saturated heterocycles. The number of anilines is 2. The Bertz CT molecular complexity index is 714. The molecule has 0 spiro atoms. The van der Waals surface area contributed by atoms with Gasteiger partial charge in [0.05, 0.1) is 6.33 Å². The van der Waals surface area contributed by atoms with Crippen molar-refractivity contribution in [2.45, 2.75) is 19.9 Å². The van der Waals surface area contributed by atoms with E-state index in [9.17, 15) is 0 Å². The lowest BCUT2D eigenvalue weighted by Crippen LogP contribution is -2.01. The minimum atomic E-state index is 0.189. The monoisotopic (exact) mass is 276 g/mol. The van der Waals surface area contributed by atoms with Crippen molar-refractivity contribution in [3.8, 4) is 0 Å². The average molecular weight is 277 g/mol. The number of hydrogen-bond acceptors (Lipinski definition) is 4. The molecule has 0 atom stereocenters. The van der Waals surface area contributed by atoms with E-state index in [0.29, 0.717) is 11.9 Å². The molecule has 7 heteroatoms. The lowest BCUT2D eigenvalue weighted by atomic mass is 10.4. The zero-order valence-corrected chi connectivity index (χ0v) is 11.3. The molecule has 0 aliphatic heterocycles. The summed E-state index contributed by atoms with van der Waals surface area (Å²) in [4.78, 5) is 8.49. The zero-order valence-electron chi connectivity index (χ0n) is 10.6. The first-order chi connectivity index (χ1) is 9.13. The van der Waals surface area contributed by atoms with Crippen LogP contribution in [0.1, 0.15) is 19.9 Å². The summed E-state index contributed by atoms with van der Waals surface area (Å²) in [5, 5.41) is 7.43. The summed E-state index contributed by atoms with van der Waals surface area (Å²) >= 11 is 5.89. The fraction of sp³-hybridized carbons (Fsp3) is 0.250. The van der Waals surface area contributed by atoms with Crippen LogP contribution in [-0.2, 0) is 0 Å². The maximum Gasteiger partial charge on any atom is 0.243 e. The van der Waals surface area contributed by atoms with E-state index in [2.05, 4.69) is 34.2 Å². The van der Waals surface area contributed by atoms with E-state index in [1.807, 2.05) is 29.1 Å². The molecule has 0 aliphatic rings. The van der Waals surface area contributed by atoms with Gasteiger partial charge in [-0.25, -0.2) is 9.50 Å². The second-order valence-electron chi connectivity index (χ2n) is 4.49. The Kier molecular flexibility index (Phi) is 2.87. The van der Waals surface area contributed by atoms with E-state index in [-0.39, 0.29) is 5.28 Å². The van der Waals surface area contributed by atoms with Crippen LogP contribution in [0.5, 0.6) is 0 Å². The summed E-state index contributed by atoms with van der Waals surface area (Å²) in [6, 6.07) is 4.17. The summed E-state index contributed by atoms with van der Waals surface area (Å²) < 4.78 is 3.69. The van der Waals surface area contributed by atoms with Crippen molar-refractivity contribution in [2.24, 2.45) is 0 Å². The first-order valence-corrected chi connectivity index (χ1v) is 6.32. The van der Waals surface area contributed by atoms with Crippen molar-refractivity contribution < 1.29 is 0 Å². The highest BCUT2D eigenvalue weighted by atomic mass is 35.5. The third-order valence-electron chi connectivity index (χ3n) is 2.81. The van der Waals surface area contributed by atoms with Gasteiger partial charge in [0.1, 0.15) is 11.3 Å². The molecule has 0 amide bonds. The number of aromatic nitrogens is 5. The highest BCUT2D eigenvalue weighted by Gasteiger charge is 2.08. The molecule has 0 saturated carbocycles. The number of fused-ring (bicyclic) bond motifs is 1. The van der Waals surface area contributed by atoms with Crippen LogP contribution in [0.15, 0.2) is 30.9 Å². The van der Waals surface area contributed by atoms with Gasteiger partial charge in [-0.1, -0.05) is 0 Å². The first kappa shape index (κ1) is 12.0. The van der Waals surface area contributed by atoms with Crippen molar-refractivity contribution in [2.75, 3.05) is 5.32 Å². The van der Waals surface area contributed by atoms with Gasteiger partial charge in [0.2, 0.25) is 5.28 Å². The number of hydrogen-bond donors (Lipinski definition) is 1. The van der Waals surface area contributed by atoms with Gasteiger partial charge in [0, 0.05) is 18.4 Å². The van der Waals surface area contributed by atoms with Crippen LogP contribution in [0, 0.1) is 0 Å². The van der Waals surface area contributed by atoms with E-state index < -0.39 is 0 Å². The Hall–Kier alpha value is -2.08. The Balaban J connectivity index is 1.97. The summed E-state index contributed by atoms with van der Waals surface area (Å²) in [5.41, 5.74) is 0.850. The van der Waals surface area contributed by atoms with Crippen LogP contribution in [0.2, 0.25) is 5.28 Å². The molecular formula is C12H13ClN6. The van der Waals surface area contributed by atoms with Crippen LogP contribution >= 0.6 is 11.6 Å². The predicted molar refractivity (Wildman–Crippen MR) is 73.9 cm³/mol. The summed E-state index contributed by atoms with van der Waals surface area (Å²) in [7, 11) is 0. The van der Waals surface area contributed by atoms with Gasteiger partial charge < -0.3 is 9.88 Å². The van der Waals surface area contributed by atoms with Gasteiger partial charge in [-0.2, -0.15) is 4.98 Å². The van der Waals surface area contributed by atoms with Gasteiger partial charge in [0.25, 0.3) is 0 Å². The Morgan fingerprint density at radius 3 is 2.95 bits per heavy atom. The van der Waals surface area contributed by atoms with E-state index >= 15 is 0 Å². The molecule has 0 aliphatic carbocycles. The van der Waals surface area contributed by atoms with E-state index in [1.54, 1.807) is 10.8 Å². The van der Waals surface area contributed by atoms with Crippen molar-refractivity contribution in [1.29, 1.82) is 0 Å². The first-order valence-electron chi connectivity index (χ1n) is 5.95. The van der Waals surface area contributed by atoms with Gasteiger partial charge in [-0.15, -0.1) is 5.10 Å². The normalized spacial score (nSPS) is 11.4. The zero-order chi connectivity index (χ0) is 13.4. The highest BCUT2D eigenvalue weighted by Crippen LogP contribution is 2.20. The van der Waals surface area contributed by atoms with Gasteiger partial charge in [-0.3, -0.25) is 0 Å². The number of nitrogens with one attached hydrogen (secondary N) is 1. The Morgan fingerprint density at radius 2 is 2.21 bits per heavy atom. The molecule has 6 nitrogen and oxygen atoms in total. The van der Waals surface area contributed by atoms with Crippen molar-refractivity contribution in [3.05, 3.63) is 36.1 Å². The van der Waals surface area contributed by atoms with E-state index in [4.69, 9.17) is 11.6 Å². The van der Waals surface area contributed by atoms with Gasteiger partial charge >= 0.3 is 0 Å². The molecule has 3 aromatic rings. The molecule has 3 heterocycles. The van der Waals surface area contributed by atoms with E-state index in [1.165, 1.54) is 0 Å². The fourth-order valence-corrected chi connectivity index (χ4v) is 1.97. The average Bonchev–Trinajstić information content (AvgIpc) is 2.96. The van der Waals surface area contributed by atoms with E-state index in [0.717, 1.165) is 11.3 Å².